The van der Waals surface area contributed by atoms with Crippen molar-refractivity contribution in [2.45, 2.75) is 31.0 Å². The molecular formula is C18H21BrO. The monoisotopic (exact) mass is 332 g/mol. The van der Waals surface area contributed by atoms with Gasteiger partial charge in [0.25, 0.3) is 0 Å². The molecule has 106 valence electrons. The molecule has 2 rings (SSSR count). The Kier molecular flexibility index (Phi) is 4.87. The SMILES string of the molecule is CCOc1ccc(C(Br)C(C)(C)c2ccccc2)cc1. The van der Waals surface area contributed by atoms with Crippen LogP contribution in [0.3, 0.4) is 0 Å². The lowest BCUT2D eigenvalue weighted by Gasteiger charge is -2.31. The van der Waals surface area contributed by atoms with Gasteiger partial charge in [-0.15, -0.1) is 0 Å². The molecule has 0 fully saturated rings. The Bertz CT molecular complexity index is 531. The van der Waals surface area contributed by atoms with Crippen molar-refractivity contribution < 1.29 is 4.74 Å². The second-order valence-electron chi connectivity index (χ2n) is 5.45. The van der Waals surface area contributed by atoms with Crippen LogP contribution in [0.2, 0.25) is 0 Å². The zero-order valence-corrected chi connectivity index (χ0v) is 13.9. The van der Waals surface area contributed by atoms with Crippen LogP contribution in [0.25, 0.3) is 0 Å². The first-order valence-electron chi connectivity index (χ1n) is 6.98. The summed E-state index contributed by atoms with van der Waals surface area (Å²) in [6.07, 6.45) is 0. The van der Waals surface area contributed by atoms with Gasteiger partial charge < -0.3 is 4.74 Å². The number of hydrogen-bond acceptors (Lipinski definition) is 1. The average molecular weight is 333 g/mol. The standard InChI is InChI=1S/C18H21BrO/c1-4-20-16-12-10-14(11-13-16)17(19)18(2,3)15-8-6-5-7-9-15/h5-13,17H,4H2,1-3H3. The van der Waals surface area contributed by atoms with Crippen LogP contribution in [0.4, 0.5) is 0 Å². The third kappa shape index (κ3) is 3.24. The molecule has 0 aliphatic heterocycles. The molecule has 0 saturated carbocycles. The zero-order chi connectivity index (χ0) is 14.6. The Morgan fingerprint density at radius 3 is 2.15 bits per heavy atom. The van der Waals surface area contributed by atoms with E-state index >= 15 is 0 Å². The van der Waals surface area contributed by atoms with Crippen LogP contribution in [-0.4, -0.2) is 6.61 Å². The lowest BCUT2D eigenvalue weighted by Crippen LogP contribution is -2.23. The van der Waals surface area contributed by atoms with Crippen LogP contribution in [0.1, 0.15) is 36.7 Å². The third-order valence-electron chi connectivity index (χ3n) is 3.64. The van der Waals surface area contributed by atoms with E-state index in [0.717, 1.165) is 5.75 Å². The number of benzene rings is 2. The van der Waals surface area contributed by atoms with Crippen LogP contribution < -0.4 is 4.74 Å². The number of ether oxygens (including phenoxy) is 1. The van der Waals surface area contributed by atoms with Gasteiger partial charge in [0.1, 0.15) is 5.75 Å². The van der Waals surface area contributed by atoms with Crippen LogP contribution in [-0.2, 0) is 5.41 Å². The second kappa shape index (κ2) is 6.45. The molecule has 0 aromatic heterocycles. The predicted molar refractivity (Wildman–Crippen MR) is 88.7 cm³/mol. The molecule has 20 heavy (non-hydrogen) atoms. The van der Waals surface area contributed by atoms with Crippen molar-refractivity contribution in [2.24, 2.45) is 0 Å². The van der Waals surface area contributed by atoms with Gasteiger partial charge in [-0.05, 0) is 30.2 Å². The first-order chi connectivity index (χ1) is 9.55. The molecular weight excluding hydrogens is 312 g/mol. The van der Waals surface area contributed by atoms with Gasteiger partial charge in [0.15, 0.2) is 0 Å². The maximum Gasteiger partial charge on any atom is 0.119 e. The molecule has 1 nitrogen and oxygen atoms in total. The fourth-order valence-corrected chi connectivity index (χ4v) is 2.90. The lowest BCUT2D eigenvalue weighted by atomic mass is 9.79. The molecule has 0 spiro atoms. The highest BCUT2D eigenvalue weighted by molar-refractivity contribution is 9.09. The Morgan fingerprint density at radius 1 is 1.00 bits per heavy atom. The van der Waals surface area contributed by atoms with Crippen molar-refractivity contribution in [3.8, 4) is 5.75 Å². The van der Waals surface area contributed by atoms with Gasteiger partial charge in [-0.1, -0.05) is 72.2 Å². The van der Waals surface area contributed by atoms with Gasteiger partial charge in [0.2, 0.25) is 0 Å². The Balaban J connectivity index is 2.23. The van der Waals surface area contributed by atoms with Gasteiger partial charge in [0.05, 0.1) is 6.61 Å². The van der Waals surface area contributed by atoms with E-state index in [2.05, 4.69) is 72.2 Å². The molecule has 2 aromatic carbocycles. The van der Waals surface area contributed by atoms with E-state index in [9.17, 15) is 0 Å². The summed E-state index contributed by atoms with van der Waals surface area (Å²) in [5.41, 5.74) is 2.62. The van der Waals surface area contributed by atoms with E-state index in [1.165, 1.54) is 11.1 Å². The Labute approximate surface area is 130 Å². The quantitative estimate of drug-likeness (QED) is 0.657. The molecule has 2 aromatic rings. The summed E-state index contributed by atoms with van der Waals surface area (Å²) >= 11 is 3.87. The number of hydrogen-bond donors (Lipinski definition) is 0. The van der Waals surface area contributed by atoms with E-state index in [1.54, 1.807) is 0 Å². The van der Waals surface area contributed by atoms with Gasteiger partial charge in [-0.25, -0.2) is 0 Å². The summed E-state index contributed by atoms with van der Waals surface area (Å²) in [6, 6.07) is 18.9. The van der Waals surface area contributed by atoms with E-state index in [0.29, 0.717) is 6.61 Å². The van der Waals surface area contributed by atoms with Crippen molar-refractivity contribution in [3.05, 3.63) is 65.7 Å². The molecule has 0 bridgehead atoms. The van der Waals surface area contributed by atoms with Gasteiger partial charge in [0, 0.05) is 10.2 Å². The third-order valence-corrected chi connectivity index (χ3v) is 5.31. The summed E-state index contributed by atoms with van der Waals surface area (Å²) in [6.45, 7) is 7.22. The van der Waals surface area contributed by atoms with Crippen molar-refractivity contribution in [1.82, 2.24) is 0 Å². The van der Waals surface area contributed by atoms with Gasteiger partial charge in [-0.3, -0.25) is 0 Å². The second-order valence-corrected chi connectivity index (χ2v) is 6.37. The molecule has 0 aliphatic carbocycles. The molecule has 1 unspecified atom stereocenters. The van der Waals surface area contributed by atoms with Crippen LogP contribution in [0.15, 0.2) is 54.6 Å². The fourth-order valence-electron chi connectivity index (χ4n) is 2.33. The highest BCUT2D eigenvalue weighted by Gasteiger charge is 2.30. The van der Waals surface area contributed by atoms with Crippen LogP contribution in [0, 0.1) is 0 Å². The van der Waals surface area contributed by atoms with E-state index in [1.807, 2.05) is 19.1 Å². The average Bonchev–Trinajstić information content (AvgIpc) is 2.48. The molecule has 0 aliphatic rings. The molecule has 1 atom stereocenters. The topological polar surface area (TPSA) is 9.23 Å². The summed E-state index contributed by atoms with van der Waals surface area (Å²) in [4.78, 5) is 0.257. The van der Waals surface area contributed by atoms with Gasteiger partial charge in [-0.2, -0.15) is 0 Å². The van der Waals surface area contributed by atoms with Gasteiger partial charge >= 0.3 is 0 Å². The van der Waals surface area contributed by atoms with E-state index < -0.39 is 0 Å². The lowest BCUT2D eigenvalue weighted by molar-refractivity contribution is 0.340. The smallest absolute Gasteiger partial charge is 0.119 e. The molecule has 0 radical (unpaired) electrons. The number of alkyl halides is 1. The first-order valence-corrected chi connectivity index (χ1v) is 7.89. The zero-order valence-electron chi connectivity index (χ0n) is 12.3. The number of halogens is 1. The van der Waals surface area contributed by atoms with Crippen molar-refractivity contribution in [2.75, 3.05) is 6.61 Å². The molecule has 0 saturated heterocycles. The largest absolute Gasteiger partial charge is 0.494 e. The summed E-state index contributed by atoms with van der Waals surface area (Å²) in [7, 11) is 0. The van der Waals surface area contributed by atoms with Crippen molar-refractivity contribution in [3.63, 3.8) is 0 Å². The summed E-state index contributed by atoms with van der Waals surface area (Å²) in [5.74, 6) is 0.925. The van der Waals surface area contributed by atoms with Crippen molar-refractivity contribution in [1.29, 1.82) is 0 Å². The van der Waals surface area contributed by atoms with Crippen LogP contribution in [0.5, 0.6) is 5.75 Å². The first kappa shape index (κ1) is 15.1. The normalized spacial score (nSPS) is 13.0. The molecule has 0 N–H and O–H groups in total. The molecule has 2 heteroatoms. The van der Waals surface area contributed by atoms with E-state index in [4.69, 9.17) is 4.74 Å². The maximum absolute atomic E-state index is 5.50. The minimum atomic E-state index is 0.0222. The summed E-state index contributed by atoms with van der Waals surface area (Å²) in [5, 5.41) is 0. The predicted octanol–water partition coefficient (Wildman–Crippen LogP) is 5.50. The fraction of sp³-hybridized carbons (Fsp3) is 0.333. The number of rotatable bonds is 5. The van der Waals surface area contributed by atoms with Crippen molar-refractivity contribution >= 4 is 15.9 Å². The Morgan fingerprint density at radius 2 is 1.60 bits per heavy atom. The van der Waals surface area contributed by atoms with E-state index in [-0.39, 0.29) is 10.2 Å². The van der Waals surface area contributed by atoms with Crippen LogP contribution >= 0.6 is 15.9 Å². The summed E-state index contributed by atoms with van der Waals surface area (Å²) < 4.78 is 5.50. The Hall–Kier alpha value is -1.28. The molecule has 0 amide bonds. The highest BCUT2D eigenvalue weighted by Crippen LogP contribution is 2.43. The highest BCUT2D eigenvalue weighted by atomic mass is 79.9. The maximum atomic E-state index is 5.50. The molecule has 0 heterocycles. The minimum Gasteiger partial charge on any atom is -0.494 e. The minimum absolute atomic E-state index is 0.0222.